The van der Waals surface area contributed by atoms with Crippen LogP contribution in [0.3, 0.4) is 0 Å². The van der Waals surface area contributed by atoms with Crippen molar-refractivity contribution >= 4 is 40.6 Å². The number of hydrogen-bond donors (Lipinski definition) is 0. The Kier molecular flexibility index (Phi) is 15.9. The Balaban J connectivity index is 1.62. The van der Waals surface area contributed by atoms with Crippen LogP contribution in [-0.2, 0) is 33.6 Å². The van der Waals surface area contributed by atoms with Gasteiger partial charge in [-0.3, -0.25) is 33.6 Å². The van der Waals surface area contributed by atoms with Gasteiger partial charge in [0.2, 0.25) is 11.7 Å². The van der Waals surface area contributed by atoms with Crippen molar-refractivity contribution in [3.05, 3.63) is 35.9 Å². The van der Waals surface area contributed by atoms with Gasteiger partial charge in [-0.2, -0.15) is 0 Å². The molecule has 1 unspecified atom stereocenters. The molecule has 0 bridgehead atoms. The normalized spacial score (nSPS) is 18.8. The summed E-state index contributed by atoms with van der Waals surface area (Å²) in [7, 11) is 0. The molecule has 0 N–H and O–H groups in total. The summed E-state index contributed by atoms with van der Waals surface area (Å²) in [4.78, 5) is 95.0. The fraction of sp³-hybridized carbons (Fsp3) is 0.690. The molecule has 2 aliphatic rings. The maximum atomic E-state index is 14.0. The molecule has 1 saturated heterocycles. The van der Waals surface area contributed by atoms with Crippen molar-refractivity contribution in [1.29, 1.82) is 0 Å². The second kappa shape index (κ2) is 19.4. The van der Waals surface area contributed by atoms with Crippen molar-refractivity contribution in [3.63, 3.8) is 0 Å². The molecule has 1 heterocycles. The molecule has 8 heteroatoms. The average molecular weight is 692 g/mol. The first-order valence-electron chi connectivity index (χ1n) is 19.2. The monoisotopic (exact) mass is 691 g/mol. The fourth-order valence-corrected chi connectivity index (χ4v) is 7.81. The number of amides is 1. The average Bonchev–Trinajstić information content (AvgIpc) is 3.58. The van der Waals surface area contributed by atoms with E-state index < -0.39 is 40.8 Å². The maximum absolute atomic E-state index is 14.0. The zero-order valence-corrected chi connectivity index (χ0v) is 31.5. The van der Waals surface area contributed by atoms with Crippen LogP contribution in [-0.4, -0.2) is 58.1 Å². The number of rotatable bonds is 20. The number of carbonyl (C=O) groups excluding carboxylic acids is 7. The Labute approximate surface area is 299 Å². The molecule has 8 nitrogen and oxygen atoms in total. The summed E-state index contributed by atoms with van der Waals surface area (Å²) >= 11 is 0. The predicted molar refractivity (Wildman–Crippen MR) is 194 cm³/mol. The molecule has 1 aromatic rings. The van der Waals surface area contributed by atoms with Gasteiger partial charge >= 0.3 is 0 Å². The topological polar surface area (TPSA) is 123 Å². The van der Waals surface area contributed by atoms with Gasteiger partial charge in [0.25, 0.3) is 0 Å². The lowest BCUT2D eigenvalue weighted by atomic mass is 9.75. The van der Waals surface area contributed by atoms with E-state index in [-0.39, 0.29) is 67.1 Å². The molecule has 0 radical (unpaired) electrons. The minimum atomic E-state index is -0.817. The van der Waals surface area contributed by atoms with E-state index in [0.29, 0.717) is 44.6 Å². The quantitative estimate of drug-likeness (QED) is 0.128. The number of nitrogens with zero attached hydrogens (tertiary/aromatic N) is 1. The second-order valence-corrected chi connectivity index (χ2v) is 16.3. The molecule has 1 amide bonds. The smallest absolute Gasteiger partial charge is 0.227 e. The highest BCUT2D eigenvalue weighted by Gasteiger charge is 2.42. The number of benzene rings is 1. The fourth-order valence-electron chi connectivity index (χ4n) is 7.81. The summed E-state index contributed by atoms with van der Waals surface area (Å²) in [5, 5.41) is 0. The number of carbonyl (C=O) groups is 7. The Hall–Kier alpha value is -3.29. The Bertz CT molecular complexity index is 1350. The lowest BCUT2D eigenvalue weighted by molar-refractivity contribution is -0.146. The highest BCUT2D eigenvalue weighted by Crippen LogP contribution is 2.36. The summed E-state index contributed by atoms with van der Waals surface area (Å²) < 4.78 is 0. The van der Waals surface area contributed by atoms with Crippen LogP contribution in [0.2, 0.25) is 0 Å². The van der Waals surface area contributed by atoms with Crippen LogP contribution in [0.4, 0.5) is 0 Å². The minimum Gasteiger partial charge on any atom is -0.332 e. The molecule has 1 saturated carbocycles. The largest absolute Gasteiger partial charge is 0.332 e. The van der Waals surface area contributed by atoms with Gasteiger partial charge in [-0.1, -0.05) is 110 Å². The third kappa shape index (κ3) is 11.9. The Morgan fingerprint density at radius 1 is 0.800 bits per heavy atom. The number of Topliss-reactive ketones (excluding diaryl/α,β-unsaturated/α-hetero) is 6. The molecular formula is C42H61NO7. The van der Waals surface area contributed by atoms with Crippen molar-refractivity contribution in [3.8, 4) is 0 Å². The molecule has 0 aromatic heterocycles. The third-order valence-electron chi connectivity index (χ3n) is 10.8. The van der Waals surface area contributed by atoms with Crippen LogP contribution >= 0.6 is 0 Å². The van der Waals surface area contributed by atoms with Crippen LogP contribution < -0.4 is 0 Å². The second-order valence-electron chi connectivity index (χ2n) is 16.3. The third-order valence-corrected chi connectivity index (χ3v) is 10.8. The summed E-state index contributed by atoms with van der Waals surface area (Å²) in [6, 6.07) is 8.44. The van der Waals surface area contributed by atoms with Gasteiger partial charge in [-0.05, 0) is 36.2 Å². The summed E-state index contributed by atoms with van der Waals surface area (Å²) in [6.07, 6.45) is 7.82. The van der Waals surface area contributed by atoms with Crippen molar-refractivity contribution in [2.24, 2.45) is 29.1 Å². The molecule has 0 spiro atoms. The maximum Gasteiger partial charge on any atom is 0.227 e. The van der Waals surface area contributed by atoms with E-state index in [4.69, 9.17) is 0 Å². The van der Waals surface area contributed by atoms with E-state index in [0.717, 1.165) is 31.2 Å². The molecule has 4 atom stereocenters. The van der Waals surface area contributed by atoms with Crippen LogP contribution in [0.1, 0.15) is 149 Å². The minimum absolute atomic E-state index is 0.0351. The van der Waals surface area contributed by atoms with Gasteiger partial charge in [0.05, 0.1) is 6.04 Å². The lowest BCUT2D eigenvalue weighted by Gasteiger charge is -2.35. The Morgan fingerprint density at radius 3 is 2.06 bits per heavy atom. The van der Waals surface area contributed by atoms with Crippen LogP contribution in [0.15, 0.2) is 30.3 Å². The first-order valence-corrected chi connectivity index (χ1v) is 19.2. The molecule has 50 heavy (non-hydrogen) atoms. The van der Waals surface area contributed by atoms with E-state index >= 15 is 0 Å². The van der Waals surface area contributed by atoms with E-state index in [9.17, 15) is 33.6 Å². The van der Waals surface area contributed by atoms with E-state index in [1.807, 2.05) is 58.0 Å². The van der Waals surface area contributed by atoms with Crippen LogP contribution in [0.25, 0.3) is 0 Å². The molecule has 3 rings (SSSR count). The number of ketones is 6. The standard InChI is InChI=1S/C42H61NO7/c1-7-15-31(40(49)37(46)22-21-32(44)26-34(39(48)28(2)3)30-18-12-9-13-19-30)25-38(47)36-20-14-23-43(36)41(50)35(42(4,5)6)27-33(45)24-29-16-10-8-11-17-29/h9,12-13,18-19,28-29,31,34-36H,7-8,10-11,14-17,20-27H2,1-6H3/t31?,34-,35+,36-/m0/s1. The lowest BCUT2D eigenvalue weighted by Crippen LogP contribution is -2.47. The first-order chi connectivity index (χ1) is 23.6. The van der Waals surface area contributed by atoms with Gasteiger partial charge in [0.15, 0.2) is 11.6 Å². The van der Waals surface area contributed by atoms with Gasteiger partial charge in [-0.25, -0.2) is 0 Å². The van der Waals surface area contributed by atoms with Crippen molar-refractivity contribution in [2.75, 3.05) is 6.54 Å². The van der Waals surface area contributed by atoms with Crippen molar-refractivity contribution in [1.82, 2.24) is 4.90 Å². The molecular weight excluding hydrogens is 630 g/mol. The SMILES string of the molecule is CCCC(CC(=O)[C@@H]1CCCN1C(=O)[C@@H](CC(=O)CC1CCCCC1)C(C)(C)C)C(=O)C(=O)CCC(=O)C[C@H](C(=O)C(C)C)c1ccccc1. The van der Waals surface area contributed by atoms with Crippen molar-refractivity contribution < 1.29 is 33.6 Å². The number of likely N-dealkylation sites (tertiary alicyclic amines) is 1. The van der Waals surface area contributed by atoms with E-state index in [1.54, 1.807) is 18.7 Å². The van der Waals surface area contributed by atoms with Gasteiger partial charge in [0.1, 0.15) is 17.3 Å². The highest BCUT2D eigenvalue weighted by molar-refractivity contribution is 6.38. The summed E-state index contributed by atoms with van der Waals surface area (Å²) in [6.45, 7) is 11.8. The highest BCUT2D eigenvalue weighted by atomic mass is 16.2. The molecule has 1 aliphatic carbocycles. The predicted octanol–water partition coefficient (Wildman–Crippen LogP) is 7.83. The van der Waals surface area contributed by atoms with Crippen molar-refractivity contribution in [2.45, 2.75) is 150 Å². The summed E-state index contributed by atoms with van der Waals surface area (Å²) in [5.41, 5.74) is 0.284. The van der Waals surface area contributed by atoms with E-state index in [1.165, 1.54) is 6.42 Å². The molecule has 276 valence electrons. The molecule has 1 aromatic carbocycles. The van der Waals surface area contributed by atoms with Crippen LogP contribution in [0.5, 0.6) is 0 Å². The molecule has 1 aliphatic heterocycles. The van der Waals surface area contributed by atoms with Crippen LogP contribution in [0, 0.1) is 29.1 Å². The zero-order valence-electron chi connectivity index (χ0n) is 31.5. The summed E-state index contributed by atoms with van der Waals surface area (Å²) in [5.74, 6) is -3.78. The van der Waals surface area contributed by atoms with Gasteiger partial charge in [-0.15, -0.1) is 0 Å². The number of hydrogen-bond acceptors (Lipinski definition) is 7. The van der Waals surface area contributed by atoms with E-state index in [2.05, 4.69) is 0 Å². The van der Waals surface area contributed by atoms with Gasteiger partial charge in [0, 0.05) is 68.7 Å². The zero-order chi connectivity index (χ0) is 37.0. The molecule has 2 fully saturated rings. The van der Waals surface area contributed by atoms with Gasteiger partial charge < -0.3 is 4.90 Å². The first kappa shape index (κ1) is 41.1. The Morgan fingerprint density at radius 2 is 1.46 bits per heavy atom.